The Labute approximate surface area is 135 Å². The molecule has 0 unspecified atom stereocenters. The first-order chi connectivity index (χ1) is 10.2. The summed E-state index contributed by atoms with van der Waals surface area (Å²) >= 11 is 12.7. The molecular weight excluding hydrogens is 329 g/mol. The summed E-state index contributed by atoms with van der Waals surface area (Å²) in [5.74, 6) is -0.303. The van der Waals surface area contributed by atoms with Crippen LogP contribution >= 0.6 is 34.7 Å². The fourth-order valence-electron chi connectivity index (χ4n) is 2.13. The zero-order valence-electron chi connectivity index (χ0n) is 10.8. The molecule has 0 aliphatic heterocycles. The van der Waals surface area contributed by atoms with Crippen molar-refractivity contribution >= 4 is 51.5 Å². The van der Waals surface area contributed by atoms with Crippen LogP contribution in [0.4, 0.5) is 0 Å². The van der Waals surface area contributed by atoms with Gasteiger partial charge >= 0.3 is 0 Å². The quantitative estimate of drug-likeness (QED) is 0.757. The van der Waals surface area contributed by atoms with Crippen molar-refractivity contribution in [3.63, 3.8) is 0 Å². The SMILES string of the molecule is O=C(NCCc1c[nH]c2ccccc12)c1nsc(Cl)c1Cl. The van der Waals surface area contributed by atoms with Gasteiger partial charge in [0.1, 0.15) is 9.36 Å². The predicted octanol–water partition coefficient (Wildman–Crippen LogP) is 3.90. The number of para-hydroxylation sites is 1. The second-order valence-electron chi connectivity index (χ2n) is 4.48. The molecule has 0 saturated carbocycles. The van der Waals surface area contributed by atoms with Crippen LogP contribution in [0.2, 0.25) is 9.36 Å². The van der Waals surface area contributed by atoms with E-state index in [-0.39, 0.29) is 16.6 Å². The number of fused-ring (bicyclic) bond motifs is 1. The van der Waals surface area contributed by atoms with Crippen LogP contribution in [0.5, 0.6) is 0 Å². The number of rotatable bonds is 4. The Hall–Kier alpha value is -1.56. The van der Waals surface area contributed by atoms with Crippen molar-refractivity contribution < 1.29 is 4.79 Å². The minimum Gasteiger partial charge on any atom is -0.361 e. The van der Waals surface area contributed by atoms with E-state index in [9.17, 15) is 4.79 Å². The van der Waals surface area contributed by atoms with Crippen LogP contribution in [-0.2, 0) is 6.42 Å². The highest BCUT2D eigenvalue weighted by Crippen LogP contribution is 2.29. The van der Waals surface area contributed by atoms with Crippen molar-refractivity contribution in [3.8, 4) is 0 Å². The van der Waals surface area contributed by atoms with Gasteiger partial charge in [-0.05, 0) is 29.6 Å². The summed E-state index contributed by atoms with van der Waals surface area (Å²) in [5, 5.41) is 4.19. The van der Waals surface area contributed by atoms with Gasteiger partial charge in [0.2, 0.25) is 0 Å². The molecule has 108 valence electrons. The average Bonchev–Trinajstić information content (AvgIpc) is 3.04. The van der Waals surface area contributed by atoms with Gasteiger partial charge in [0.05, 0.1) is 0 Å². The second-order valence-corrected chi connectivity index (χ2v) is 6.24. The highest BCUT2D eigenvalue weighted by atomic mass is 35.5. The van der Waals surface area contributed by atoms with E-state index in [1.54, 1.807) is 0 Å². The van der Waals surface area contributed by atoms with Gasteiger partial charge in [-0.15, -0.1) is 0 Å². The lowest BCUT2D eigenvalue weighted by Gasteiger charge is -2.03. The van der Waals surface area contributed by atoms with Crippen molar-refractivity contribution in [1.29, 1.82) is 0 Å². The Morgan fingerprint density at radius 2 is 2.14 bits per heavy atom. The fraction of sp³-hybridized carbons (Fsp3) is 0.143. The molecular formula is C14H11Cl2N3OS. The molecule has 0 fully saturated rings. The normalized spacial score (nSPS) is 11.0. The Morgan fingerprint density at radius 1 is 1.33 bits per heavy atom. The third-order valence-corrected chi connectivity index (χ3v) is 4.78. The Kier molecular flexibility index (Phi) is 4.14. The number of hydrogen-bond donors (Lipinski definition) is 2. The van der Waals surface area contributed by atoms with Crippen molar-refractivity contribution in [2.45, 2.75) is 6.42 Å². The van der Waals surface area contributed by atoms with Gasteiger partial charge in [0.15, 0.2) is 5.69 Å². The number of hydrogen-bond acceptors (Lipinski definition) is 3. The number of aromatic nitrogens is 2. The number of nitrogens with zero attached hydrogens (tertiary/aromatic N) is 1. The van der Waals surface area contributed by atoms with Gasteiger partial charge in [-0.2, -0.15) is 4.37 Å². The van der Waals surface area contributed by atoms with Crippen LogP contribution in [0.1, 0.15) is 16.1 Å². The van der Waals surface area contributed by atoms with Crippen molar-refractivity contribution in [3.05, 3.63) is 51.1 Å². The van der Waals surface area contributed by atoms with E-state index < -0.39 is 0 Å². The number of nitrogens with one attached hydrogen (secondary N) is 2. The molecule has 0 aliphatic carbocycles. The van der Waals surface area contributed by atoms with Crippen LogP contribution < -0.4 is 5.32 Å². The number of halogens is 2. The van der Waals surface area contributed by atoms with Crippen LogP contribution in [0.15, 0.2) is 30.5 Å². The number of amides is 1. The summed E-state index contributed by atoms with van der Waals surface area (Å²) < 4.78 is 4.27. The van der Waals surface area contributed by atoms with Gasteiger partial charge < -0.3 is 10.3 Å². The number of benzene rings is 1. The molecule has 2 aromatic heterocycles. The monoisotopic (exact) mass is 339 g/mol. The molecule has 0 aliphatic rings. The number of carbonyl (C=O) groups is 1. The molecule has 0 saturated heterocycles. The van der Waals surface area contributed by atoms with Crippen molar-refractivity contribution in [1.82, 2.24) is 14.7 Å². The summed E-state index contributed by atoms with van der Waals surface area (Å²) in [4.78, 5) is 15.2. The molecule has 1 aromatic carbocycles. The van der Waals surface area contributed by atoms with E-state index in [4.69, 9.17) is 23.2 Å². The summed E-state index contributed by atoms with van der Waals surface area (Å²) in [6, 6.07) is 8.06. The third kappa shape index (κ3) is 2.90. The smallest absolute Gasteiger partial charge is 0.272 e. The molecule has 0 atom stereocenters. The summed E-state index contributed by atoms with van der Waals surface area (Å²) in [6.45, 7) is 0.506. The highest BCUT2D eigenvalue weighted by molar-refractivity contribution is 7.11. The zero-order valence-corrected chi connectivity index (χ0v) is 13.1. The Balaban J connectivity index is 1.64. The Bertz CT molecular complexity index is 796. The maximum absolute atomic E-state index is 12.0. The molecule has 1 amide bonds. The van der Waals surface area contributed by atoms with E-state index in [1.165, 1.54) is 5.39 Å². The van der Waals surface area contributed by atoms with Crippen molar-refractivity contribution in [2.75, 3.05) is 6.54 Å². The van der Waals surface area contributed by atoms with Crippen LogP contribution in [0, 0.1) is 0 Å². The maximum atomic E-state index is 12.0. The molecule has 2 heterocycles. The van der Waals surface area contributed by atoms with Crippen LogP contribution in [-0.4, -0.2) is 21.8 Å². The van der Waals surface area contributed by atoms with E-state index in [2.05, 4.69) is 20.7 Å². The molecule has 3 rings (SSSR count). The molecule has 3 aromatic rings. The standard InChI is InChI=1S/C14H11Cl2N3OS/c15-11-12(19-21-13(11)16)14(20)17-6-5-8-7-18-10-4-2-1-3-9(8)10/h1-4,7,18H,5-6H2,(H,17,20). The van der Waals surface area contributed by atoms with E-state index in [0.29, 0.717) is 10.9 Å². The number of H-pyrrole nitrogens is 1. The minimum atomic E-state index is -0.303. The lowest BCUT2D eigenvalue weighted by molar-refractivity contribution is 0.0950. The fourth-order valence-corrected chi connectivity index (χ4v) is 3.13. The molecule has 7 heteroatoms. The first-order valence-corrected chi connectivity index (χ1v) is 7.83. The minimum absolute atomic E-state index is 0.186. The van der Waals surface area contributed by atoms with E-state index >= 15 is 0 Å². The maximum Gasteiger partial charge on any atom is 0.272 e. The Morgan fingerprint density at radius 3 is 2.90 bits per heavy atom. The van der Waals surface area contributed by atoms with Gasteiger partial charge in [0.25, 0.3) is 5.91 Å². The molecule has 21 heavy (non-hydrogen) atoms. The van der Waals surface area contributed by atoms with Gasteiger partial charge in [-0.3, -0.25) is 4.79 Å². The lowest BCUT2D eigenvalue weighted by atomic mass is 10.1. The van der Waals surface area contributed by atoms with Gasteiger partial charge in [-0.1, -0.05) is 41.4 Å². The summed E-state index contributed by atoms with van der Waals surface area (Å²) in [7, 11) is 0. The molecule has 0 radical (unpaired) electrons. The number of aromatic amines is 1. The zero-order chi connectivity index (χ0) is 14.8. The van der Waals surface area contributed by atoms with Gasteiger partial charge in [-0.25, -0.2) is 0 Å². The average molecular weight is 340 g/mol. The van der Waals surface area contributed by atoms with E-state index in [0.717, 1.165) is 29.0 Å². The largest absolute Gasteiger partial charge is 0.361 e. The topological polar surface area (TPSA) is 57.8 Å². The van der Waals surface area contributed by atoms with Crippen LogP contribution in [0.3, 0.4) is 0 Å². The third-order valence-electron chi connectivity index (χ3n) is 3.17. The number of carbonyl (C=O) groups excluding carboxylic acids is 1. The second kappa shape index (κ2) is 6.05. The van der Waals surface area contributed by atoms with Crippen molar-refractivity contribution in [2.24, 2.45) is 0 Å². The molecule has 0 bridgehead atoms. The summed E-state index contributed by atoms with van der Waals surface area (Å²) in [5.41, 5.74) is 2.44. The first kappa shape index (κ1) is 14.4. The van der Waals surface area contributed by atoms with Gasteiger partial charge in [0, 0.05) is 23.6 Å². The lowest BCUT2D eigenvalue weighted by Crippen LogP contribution is -2.26. The molecule has 0 spiro atoms. The summed E-state index contributed by atoms with van der Waals surface area (Å²) in [6.07, 6.45) is 2.69. The predicted molar refractivity (Wildman–Crippen MR) is 86.5 cm³/mol. The van der Waals surface area contributed by atoms with Crippen LogP contribution in [0.25, 0.3) is 10.9 Å². The molecule has 4 nitrogen and oxygen atoms in total. The molecule has 2 N–H and O–H groups in total. The highest BCUT2D eigenvalue weighted by Gasteiger charge is 2.17. The first-order valence-electron chi connectivity index (χ1n) is 6.30. The van der Waals surface area contributed by atoms with E-state index in [1.807, 2.05) is 24.4 Å².